The van der Waals surface area contributed by atoms with Gasteiger partial charge in [-0.1, -0.05) is 11.3 Å². The lowest BCUT2D eigenvalue weighted by atomic mass is 10.2. The van der Waals surface area contributed by atoms with Gasteiger partial charge in [-0.05, 0) is 13.3 Å². The van der Waals surface area contributed by atoms with E-state index in [0.29, 0.717) is 5.01 Å². The van der Waals surface area contributed by atoms with Gasteiger partial charge in [0.2, 0.25) is 10.1 Å². The third kappa shape index (κ3) is 1.70. The first-order valence-electron chi connectivity index (χ1n) is 4.68. The van der Waals surface area contributed by atoms with Gasteiger partial charge in [0.15, 0.2) is 0 Å². The summed E-state index contributed by atoms with van der Waals surface area (Å²) < 4.78 is 0. The van der Waals surface area contributed by atoms with Crippen LogP contribution in [0, 0.1) is 0 Å². The summed E-state index contributed by atoms with van der Waals surface area (Å²) in [5, 5.41) is 12.0. The normalized spacial score (nSPS) is 15.1. The van der Waals surface area contributed by atoms with Gasteiger partial charge < -0.3 is 10.2 Å². The van der Waals surface area contributed by atoms with Crippen molar-refractivity contribution in [1.82, 2.24) is 15.1 Å². The zero-order valence-corrected chi connectivity index (χ0v) is 8.80. The van der Waals surface area contributed by atoms with Crippen LogP contribution < -0.4 is 5.32 Å². The molecule has 2 heterocycles. The zero-order valence-electron chi connectivity index (χ0n) is 7.99. The Labute approximate surface area is 86.1 Å². The first-order chi connectivity index (χ1) is 6.81. The second kappa shape index (κ2) is 3.91. The van der Waals surface area contributed by atoms with Crippen LogP contribution >= 0.6 is 11.3 Å². The summed E-state index contributed by atoms with van der Waals surface area (Å²) >= 11 is 1.32. The minimum Gasteiger partial charge on any atom is -0.360 e. The highest BCUT2D eigenvalue weighted by molar-refractivity contribution is 7.17. The molecule has 1 aromatic rings. The molecule has 0 aliphatic carbocycles. The Balaban J connectivity index is 2.04. The summed E-state index contributed by atoms with van der Waals surface area (Å²) in [7, 11) is 0. The fourth-order valence-corrected chi connectivity index (χ4v) is 1.97. The molecule has 1 amide bonds. The van der Waals surface area contributed by atoms with Crippen molar-refractivity contribution in [3.8, 4) is 0 Å². The number of nitrogens with one attached hydrogen (secondary N) is 1. The van der Waals surface area contributed by atoms with Gasteiger partial charge in [0.05, 0.1) is 0 Å². The Morgan fingerprint density at radius 2 is 2.36 bits per heavy atom. The van der Waals surface area contributed by atoms with Crippen molar-refractivity contribution in [2.24, 2.45) is 0 Å². The van der Waals surface area contributed by atoms with Crippen molar-refractivity contribution < 1.29 is 4.79 Å². The van der Waals surface area contributed by atoms with Crippen LogP contribution in [0.3, 0.4) is 0 Å². The third-order valence-corrected chi connectivity index (χ3v) is 2.95. The molecule has 1 fully saturated rings. The van der Waals surface area contributed by atoms with Gasteiger partial charge in [-0.15, -0.1) is 10.2 Å². The Morgan fingerprint density at radius 1 is 1.57 bits per heavy atom. The highest BCUT2D eigenvalue weighted by Crippen LogP contribution is 2.19. The average Bonchev–Trinajstić information content (AvgIpc) is 2.50. The number of carbonyl (C=O) groups is 1. The molecule has 5 nitrogen and oxygen atoms in total. The van der Waals surface area contributed by atoms with Gasteiger partial charge in [-0.2, -0.15) is 0 Å². The molecule has 1 N–H and O–H groups in total. The molecule has 1 saturated heterocycles. The smallest absolute Gasteiger partial charge is 0.284 e. The highest BCUT2D eigenvalue weighted by Gasteiger charge is 2.24. The Hall–Kier alpha value is -1.17. The molecule has 0 bridgehead atoms. The van der Waals surface area contributed by atoms with Crippen LogP contribution in [0.2, 0.25) is 0 Å². The van der Waals surface area contributed by atoms with Crippen molar-refractivity contribution in [2.75, 3.05) is 25.0 Å². The molecule has 0 radical (unpaired) electrons. The highest BCUT2D eigenvalue weighted by atomic mass is 32.1. The van der Waals surface area contributed by atoms with Crippen molar-refractivity contribution in [3.63, 3.8) is 0 Å². The fraction of sp³-hybridized carbons (Fsp3) is 0.625. The van der Waals surface area contributed by atoms with Gasteiger partial charge in [0.1, 0.15) is 0 Å². The lowest BCUT2D eigenvalue weighted by Gasteiger charge is -2.29. The summed E-state index contributed by atoms with van der Waals surface area (Å²) in [5.74, 6) is 0.0119. The second-order valence-electron chi connectivity index (χ2n) is 3.09. The van der Waals surface area contributed by atoms with Gasteiger partial charge in [-0.3, -0.25) is 4.79 Å². The summed E-state index contributed by atoms with van der Waals surface area (Å²) in [4.78, 5) is 13.4. The molecular weight excluding hydrogens is 200 g/mol. The van der Waals surface area contributed by atoms with E-state index in [0.717, 1.165) is 31.2 Å². The maximum Gasteiger partial charge on any atom is 0.284 e. The molecule has 0 spiro atoms. The van der Waals surface area contributed by atoms with Crippen LogP contribution in [0.25, 0.3) is 0 Å². The molecule has 0 saturated carbocycles. The molecule has 6 heteroatoms. The molecule has 1 aliphatic heterocycles. The van der Waals surface area contributed by atoms with Crippen LogP contribution in [0.1, 0.15) is 23.1 Å². The molecule has 2 rings (SSSR count). The fourth-order valence-electron chi connectivity index (χ4n) is 1.19. The molecule has 0 unspecified atom stereocenters. The van der Waals surface area contributed by atoms with Crippen molar-refractivity contribution in [3.05, 3.63) is 5.01 Å². The number of rotatable bonds is 3. The van der Waals surface area contributed by atoms with E-state index in [1.807, 2.05) is 6.92 Å². The molecular formula is C8H12N4OS. The average molecular weight is 212 g/mol. The molecule has 76 valence electrons. The number of anilines is 1. The standard InChI is InChI=1S/C8H12N4OS/c1-2-9-8-11-10-6(14-8)7(13)12-4-3-5-12/h2-5H2,1H3,(H,9,11). The lowest BCUT2D eigenvalue weighted by molar-refractivity contribution is 0.0650. The van der Waals surface area contributed by atoms with E-state index in [4.69, 9.17) is 0 Å². The topological polar surface area (TPSA) is 58.1 Å². The SMILES string of the molecule is CCNc1nnc(C(=O)N2CCC2)s1. The minimum absolute atomic E-state index is 0.0119. The number of likely N-dealkylation sites (tertiary alicyclic amines) is 1. The van der Waals surface area contributed by atoms with E-state index in [-0.39, 0.29) is 5.91 Å². The van der Waals surface area contributed by atoms with E-state index in [9.17, 15) is 4.79 Å². The first kappa shape index (κ1) is 9.39. The van der Waals surface area contributed by atoms with Crippen LogP contribution in [0.4, 0.5) is 5.13 Å². The third-order valence-electron chi connectivity index (χ3n) is 2.08. The van der Waals surface area contributed by atoms with Crippen molar-refractivity contribution in [1.29, 1.82) is 0 Å². The Bertz CT molecular complexity index is 334. The molecule has 14 heavy (non-hydrogen) atoms. The number of carbonyl (C=O) groups excluding carboxylic acids is 1. The van der Waals surface area contributed by atoms with E-state index < -0.39 is 0 Å². The van der Waals surface area contributed by atoms with Gasteiger partial charge >= 0.3 is 0 Å². The summed E-state index contributed by atoms with van der Waals surface area (Å²) in [6, 6.07) is 0. The van der Waals surface area contributed by atoms with Crippen LogP contribution in [-0.2, 0) is 0 Å². The van der Waals surface area contributed by atoms with E-state index in [1.165, 1.54) is 11.3 Å². The van der Waals surface area contributed by atoms with Gasteiger partial charge in [0, 0.05) is 19.6 Å². The molecule has 1 aromatic heterocycles. The minimum atomic E-state index is 0.0119. The largest absolute Gasteiger partial charge is 0.360 e. The maximum absolute atomic E-state index is 11.7. The maximum atomic E-state index is 11.7. The Morgan fingerprint density at radius 3 is 2.93 bits per heavy atom. The second-order valence-corrected chi connectivity index (χ2v) is 4.07. The van der Waals surface area contributed by atoms with Gasteiger partial charge in [-0.25, -0.2) is 0 Å². The number of hydrogen-bond donors (Lipinski definition) is 1. The predicted octanol–water partition coefficient (Wildman–Crippen LogP) is 0.816. The number of amides is 1. The Kier molecular flexibility index (Phi) is 2.62. The predicted molar refractivity (Wildman–Crippen MR) is 54.6 cm³/mol. The first-order valence-corrected chi connectivity index (χ1v) is 5.49. The molecule has 0 atom stereocenters. The zero-order chi connectivity index (χ0) is 9.97. The van der Waals surface area contributed by atoms with Crippen molar-refractivity contribution >= 4 is 22.4 Å². The van der Waals surface area contributed by atoms with Crippen LogP contribution in [-0.4, -0.2) is 40.6 Å². The van der Waals surface area contributed by atoms with Crippen molar-refractivity contribution in [2.45, 2.75) is 13.3 Å². The van der Waals surface area contributed by atoms with Crippen LogP contribution in [0.5, 0.6) is 0 Å². The summed E-state index contributed by atoms with van der Waals surface area (Å²) in [5.41, 5.74) is 0. The summed E-state index contributed by atoms with van der Waals surface area (Å²) in [6.07, 6.45) is 1.10. The monoisotopic (exact) mass is 212 g/mol. The van der Waals surface area contributed by atoms with E-state index in [1.54, 1.807) is 4.90 Å². The van der Waals surface area contributed by atoms with Gasteiger partial charge in [0.25, 0.3) is 5.91 Å². The summed E-state index contributed by atoms with van der Waals surface area (Å²) in [6.45, 7) is 4.49. The number of hydrogen-bond acceptors (Lipinski definition) is 5. The quantitative estimate of drug-likeness (QED) is 0.805. The molecule has 1 aliphatic rings. The number of nitrogens with zero attached hydrogens (tertiary/aromatic N) is 3. The van der Waals surface area contributed by atoms with E-state index in [2.05, 4.69) is 15.5 Å². The lowest BCUT2D eigenvalue weighted by Crippen LogP contribution is -2.41. The van der Waals surface area contributed by atoms with E-state index >= 15 is 0 Å². The number of aromatic nitrogens is 2. The van der Waals surface area contributed by atoms with Crippen LogP contribution in [0.15, 0.2) is 0 Å². The molecule has 0 aromatic carbocycles.